The summed E-state index contributed by atoms with van der Waals surface area (Å²) in [5, 5.41) is 21.5. The summed E-state index contributed by atoms with van der Waals surface area (Å²) in [6.07, 6.45) is 28.3. The molecule has 9 aliphatic rings. The summed E-state index contributed by atoms with van der Waals surface area (Å²) in [6, 6.07) is 0. The summed E-state index contributed by atoms with van der Waals surface area (Å²) >= 11 is 0. The second-order valence-corrected chi connectivity index (χ2v) is 23.1. The lowest BCUT2D eigenvalue weighted by Crippen LogP contribution is -2.53. The first-order valence-electron chi connectivity index (χ1n) is 27.0. The van der Waals surface area contributed by atoms with E-state index in [0.29, 0.717) is 66.1 Å². The number of nitrogens with zero attached hydrogens (tertiary/aromatic N) is 4. The van der Waals surface area contributed by atoms with Gasteiger partial charge in [-0.1, -0.05) is 53.4 Å². The van der Waals surface area contributed by atoms with Crippen LogP contribution in [0.4, 0.5) is 8.78 Å². The van der Waals surface area contributed by atoms with Gasteiger partial charge in [-0.2, -0.15) is 0 Å². The fourth-order valence-electron chi connectivity index (χ4n) is 17.0. The number of carbonyl (C=O) groups excluding carboxylic acids is 2. The van der Waals surface area contributed by atoms with Gasteiger partial charge in [0.25, 0.3) is 6.43 Å². The zero-order valence-corrected chi connectivity index (χ0v) is 41.4. The van der Waals surface area contributed by atoms with E-state index in [1.54, 1.807) is 25.0 Å². The fourth-order valence-corrected chi connectivity index (χ4v) is 17.0. The van der Waals surface area contributed by atoms with E-state index in [-0.39, 0.29) is 41.4 Å². The van der Waals surface area contributed by atoms with Crippen LogP contribution in [0.25, 0.3) is 0 Å². The van der Waals surface area contributed by atoms with Gasteiger partial charge in [0.15, 0.2) is 11.6 Å². The topological polar surface area (TPSA) is 110 Å². The molecule has 16 atom stereocenters. The zero-order valence-electron chi connectivity index (χ0n) is 41.4. The number of hydrogen-bond acceptors (Lipinski definition) is 6. The van der Waals surface area contributed by atoms with E-state index in [0.717, 1.165) is 88.4 Å². The number of aromatic nitrogens is 4. The Hall–Kier alpha value is -2.90. The number of hydrogen-bond donors (Lipinski definition) is 2. The molecule has 366 valence electrons. The van der Waals surface area contributed by atoms with Crippen LogP contribution < -0.4 is 0 Å². The van der Waals surface area contributed by atoms with E-state index >= 15 is 0 Å². The molecule has 11 rings (SSSR count). The van der Waals surface area contributed by atoms with Crippen LogP contribution in [0.5, 0.6) is 0 Å². The van der Waals surface area contributed by atoms with Gasteiger partial charge >= 0.3 is 0 Å². The molecule has 0 bridgehead atoms. The monoisotopic (exact) mass is 915 g/mol. The van der Waals surface area contributed by atoms with Gasteiger partial charge in [0.2, 0.25) is 0 Å². The highest BCUT2D eigenvalue weighted by Gasteiger charge is 2.61. The zero-order chi connectivity index (χ0) is 47.0. The van der Waals surface area contributed by atoms with Crippen molar-refractivity contribution < 1.29 is 28.6 Å². The molecule has 6 unspecified atom stereocenters. The molecule has 2 aromatic heterocycles. The number of fused-ring (bicyclic) bond motifs is 10. The Morgan fingerprint density at radius 2 is 1.08 bits per heavy atom. The number of alkyl halides is 2. The third-order valence-electron chi connectivity index (χ3n) is 20.1. The SMILES string of the molecule is CC.CC.C[C@]12CCC3C(CC[C@@H]4C[C@@](O)(C#CC5CC5)CC[C@H]34)C1CC[C@@H]2C(=O)Cn1ccnc1.C[C@]12CCC3C(CC[C@@H]4C[C@@](O)(C(F)F)CC[C@H]34)C1CC[C@@H]2C(=O)Cn1ccnc1. The average Bonchev–Trinajstić information content (AvgIpc) is 3.65. The lowest BCUT2D eigenvalue weighted by atomic mass is 9.49. The minimum absolute atomic E-state index is 0.0735. The van der Waals surface area contributed by atoms with Gasteiger partial charge in [0.1, 0.15) is 11.2 Å². The molecule has 0 radical (unpaired) electrons. The predicted molar refractivity (Wildman–Crippen MR) is 255 cm³/mol. The van der Waals surface area contributed by atoms with Crippen molar-refractivity contribution in [1.82, 2.24) is 19.1 Å². The molecule has 9 fully saturated rings. The molecule has 8 nitrogen and oxygen atoms in total. The first kappa shape index (κ1) is 49.5. The van der Waals surface area contributed by atoms with Gasteiger partial charge in [0.05, 0.1) is 25.7 Å². The molecule has 0 saturated heterocycles. The Balaban J connectivity index is 0.000000167. The van der Waals surface area contributed by atoms with Crippen molar-refractivity contribution in [2.75, 3.05) is 0 Å². The maximum absolute atomic E-state index is 13.4. The number of rotatable bonds is 7. The van der Waals surface area contributed by atoms with Crippen molar-refractivity contribution in [3.05, 3.63) is 37.4 Å². The summed E-state index contributed by atoms with van der Waals surface area (Å²) in [7, 11) is 0. The quantitative estimate of drug-likeness (QED) is 0.268. The van der Waals surface area contributed by atoms with Crippen LogP contribution in [0, 0.1) is 99.6 Å². The van der Waals surface area contributed by atoms with E-state index in [9.17, 15) is 28.6 Å². The maximum Gasteiger partial charge on any atom is 0.266 e. The lowest BCUT2D eigenvalue weighted by molar-refractivity contribution is -0.160. The van der Waals surface area contributed by atoms with Gasteiger partial charge in [-0.3, -0.25) is 9.59 Å². The Morgan fingerprint density at radius 1 is 0.606 bits per heavy atom. The van der Waals surface area contributed by atoms with Gasteiger partial charge in [0, 0.05) is 42.5 Å². The Morgan fingerprint density at radius 3 is 1.53 bits per heavy atom. The van der Waals surface area contributed by atoms with Crippen molar-refractivity contribution in [1.29, 1.82) is 0 Å². The highest BCUT2D eigenvalue weighted by molar-refractivity contribution is 5.82. The summed E-state index contributed by atoms with van der Waals surface area (Å²) < 4.78 is 30.6. The first-order valence-corrected chi connectivity index (χ1v) is 27.0. The molecule has 2 heterocycles. The molecular weight excluding hydrogens is 831 g/mol. The third-order valence-corrected chi connectivity index (χ3v) is 20.1. The molecule has 0 aliphatic heterocycles. The summed E-state index contributed by atoms with van der Waals surface area (Å²) in [6.45, 7) is 13.7. The normalized spacial score (nSPS) is 42.8. The molecule has 9 saturated carbocycles. The maximum atomic E-state index is 13.4. The minimum atomic E-state index is -2.64. The van der Waals surface area contributed by atoms with Gasteiger partial charge in [-0.05, 0) is 198 Å². The molecule has 0 aromatic carbocycles. The summed E-state index contributed by atoms with van der Waals surface area (Å²) in [4.78, 5) is 34.6. The van der Waals surface area contributed by atoms with Crippen LogP contribution in [0.15, 0.2) is 37.4 Å². The highest BCUT2D eigenvalue weighted by Crippen LogP contribution is 2.66. The van der Waals surface area contributed by atoms with Gasteiger partial charge in [-0.15, -0.1) is 0 Å². The van der Waals surface area contributed by atoms with E-state index < -0.39 is 17.6 Å². The van der Waals surface area contributed by atoms with E-state index in [1.165, 1.54) is 44.9 Å². The standard InChI is InChI=1S/C28H38N2O2.C24H34F2N2O2.2C2H6/c1-27-11-9-22-21-10-13-28(32,12-8-19-2-3-19)16-20(21)4-5-23(22)24(27)6-7-25(27)26(31)17-30-15-14-29-18-30;1-23-8-6-17-16-7-9-24(30,22(25)26)12-15(16)2-3-18(17)19(23)4-5-20(23)21(29)13-28-11-10-27-14-28;2*1-2/h14-15,18-25,32H,2-7,9-11,13,16-17H2,1H3;10-11,14-20,22,30H,2-9,12-13H2,1H3;2*1-2H3/t20-,21+,22?,23?,24?,25-,27+,28-;15-,16+,17?,18?,19?,20-,23+,24-;;/m11../s1. The number of ketones is 2. The van der Waals surface area contributed by atoms with Crippen LogP contribution in [0.1, 0.15) is 170 Å². The smallest absolute Gasteiger partial charge is 0.266 e. The molecule has 10 heteroatoms. The first-order chi connectivity index (χ1) is 31.8. The summed E-state index contributed by atoms with van der Waals surface area (Å²) in [5.74, 6) is 14.5. The van der Waals surface area contributed by atoms with Crippen molar-refractivity contribution in [3.63, 3.8) is 0 Å². The Labute approximate surface area is 395 Å². The van der Waals surface area contributed by atoms with Crippen molar-refractivity contribution in [2.24, 2.45) is 87.8 Å². The number of aliphatic hydroxyl groups is 2. The number of Topliss-reactive ketones (excluding diaryl/α,β-unsaturated/α-hetero) is 2. The number of imidazole rings is 2. The van der Waals surface area contributed by atoms with Crippen LogP contribution in [0.3, 0.4) is 0 Å². The van der Waals surface area contributed by atoms with Gasteiger partial charge < -0.3 is 19.3 Å². The van der Waals surface area contributed by atoms with Crippen LogP contribution in [-0.2, 0) is 22.7 Å². The third kappa shape index (κ3) is 9.54. The Kier molecular flexibility index (Phi) is 15.2. The fraction of sp³-hybridized carbons (Fsp3) is 0.821. The predicted octanol–water partition coefficient (Wildman–Crippen LogP) is 11.6. The largest absolute Gasteiger partial charge is 0.384 e. The van der Waals surface area contributed by atoms with Crippen LogP contribution in [0.2, 0.25) is 0 Å². The summed E-state index contributed by atoms with van der Waals surface area (Å²) in [5.41, 5.74) is -2.24. The molecule has 2 aromatic rings. The van der Waals surface area contributed by atoms with E-state index in [1.807, 2.05) is 49.2 Å². The average molecular weight is 915 g/mol. The minimum Gasteiger partial charge on any atom is -0.384 e. The Bertz CT molecular complexity index is 1990. The lowest BCUT2D eigenvalue weighted by Gasteiger charge is -2.57. The molecule has 0 amide bonds. The molecule has 9 aliphatic carbocycles. The van der Waals surface area contributed by atoms with Crippen LogP contribution >= 0.6 is 0 Å². The van der Waals surface area contributed by atoms with Crippen molar-refractivity contribution in [3.8, 4) is 11.8 Å². The van der Waals surface area contributed by atoms with E-state index in [2.05, 4.69) is 35.7 Å². The second kappa shape index (κ2) is 20.2. The molecular formula is C56H84F2N4O4. The van der Waals surface area contributed by atoms with Crippen molar-refractivity contribution >= 4 is 11.6 Å². The number of halogens is 2. The van der Waals surface area contributed by atoms with Crippen LogP contribution in [-0.4, -0.2) is 58.5 Å². The van der Waals surface area contributed by atoms with Crippen molar-refractivity contribution in [2.45, 2.75) is 201 Å². The molecule has 2 N–H and O–H groups in total. The highest BCUT2D eigenvalue weighted by atomic mass is 19.3. The number of carbonyl (C=O) groups is 2. The molecule has 0 spiro atoms. The van der Waals surface area contributed by atoms with E-state index in [4.69, 9.17) is 0 Å². The van der Waals surface area contributed by atoms with Gasteiger partial charge in [-0.25, -0.2) is 18.7 Å². The second-order valence-electron chi connectivity index (χ2n) is 23.1. The molecule has 66 heavy (non-hydrogen) atoms.